The van der Waals surface area contributed by atoms with Gasteiger partial charge in [-0.3, -0.25) is 4.98 Å². The molecule has 1 N–H and O–H groups in total. The molecule has 1 fully saturated rings. The van der Waals surface area contributed by atoms with Crippen molar-refractivity contribution in [3.63, 3.8) is 0 Å². The number of rotatable bonds is 5. The zero-order valence-corrected chi connectivity index (χ0v) is 13.2. The predicted molar refractivity (Wildman–Crippen MR) is 84.2 cm³/mol. The molecule has 1 aromatic heterocycles. The van der Waals surface area contributed by atoms with E-state index in [-0.39, 0.29) is 0 Å². The van der Waals surface area contributed by atoms with Crippen LogP contribution in [-0.4, -0.2) is 53.6 Å². The Morgan fingerprint density at radius 1 is 1.63 bits per heavy atom. The fourth-order valence-corrected chi connectivity index (χ4v) is 4.05. The van der Waals surface area contributed by atoms with E-state index in [1.807, 2.05) is 24.0 Å². The lowest BCUT2D eigenvalue weighted by molar-refractivity contribution is 0.215. The van der Waals surface area contributed by atoms with Gasteiger partial charge in [-0.05, 0) is 31.6 Å². The molecule has 2 rings (SSSR count). The van der Waals surface area contributed by atoms with Gasteiger partial charge < -0.3 is 10.2 Å². The highest BCUT2D eigenvalue weighted by Gasteiger charge is 2.27. The van der Waals surface area contributed by atoms with Crippen molar-refractivity contribution in [1.29, 1.82) is 0 Å². The molecule has 3 nitrogen and oxygen atoms in total. The molecule has 2 unspecified atom stereocenters. The van der Waals surface area contributed by atoms with Crippen molar-refractivity contribution in [1.82, 2.24) is 15.2 Å². The number of aromatic nitrogens is 1. The number of thioether (sulfide) groups is 1. The topological polar surface area (TPSA) is 28.2 Å². The number of hydrogen-bond donors (Lipinski definition) is 1. The third-order valence-corrected chi connectivity index (χ3v) is 5.06. The molecule has 0 saturated carbocycles. The molecule has 106 valence electrons. The van der Waals surface area contributed by atoms with Crippen molar-refractivity contribution in [2.24, 2.45) is 0 Å². The lowest BCUT2D eigenvalue weighted by Crippen LogP contribution is -2.53. The van der Waals surface area contributed by atoms with Gasteiger partial charge in [-0.15, -0.1) is 0 Å². The fourth-order valence-electron chi connectivity index (χ4n) is 2.54. The summed E-state index contributed by atoms with van der Waals surface area (Å²) in [6, 6.07) is 3.05. The van der Waals surface area contributed by atoms with Gasteiger partial charge in [-0.25, -0.2) is 0 Å². The van der Waals surface area contributed by atoms with E-state index < -0.39 is 0 Å². The summed E-state index contributed by atoms with van der Waals surface area (Å²) in [5, 5.41) is 4.40. The predicted octanol–water partition coefficient (Wildman–Crippen LogP) is 2.30. The highest BCUT2D eigenvalue weighted by molar-refractivity contribution is 7.99. The zero-order valence-electron chi connectivity index (χ0n) is 11.6. The summed E-state index contributed by atoms with van der Waals surface area (Å²) in [5.74, 6) is 2.43. The lowest BCUT2D eigenvalue weighted by Gasteiger charge is -2.38. The number of nitrogens with one attached hydrogen (secondary N) is 1. The quantitative estimate of drug-likeness (QED) is 0.903. The Bertz CT molecular complexity index is 402. The van der Waals surface area contributed by atoms with Crippen LogP contribution in [0.2, 0.25) is 5.02 Å². The maximum atomic E-state index is 6.23. The van der Waals surface area contributed by atoms with Crippen LogP contribution < -0.4 is 5.32 Å². The molecule has 0 aliphatic carbocycles. The van der Waals surface area contributed by atoms with Gasteiger partial charge in [0.15, 0.2) is 0 Å². The van der Waals surface area contributed by atoms with Gasteiger partial charge in [0.25, 0.3) is 0 Å². The van der Waals surface area contributed by atoms with E-state index in [1.54, 1.807) is 6.20 Å². The summed E-state index contributed by atoms with van der Waals surface area (Å²) in [7, 11) is 2.23. The van der Waals surface area contributed by atoms with E-state index >= 15 is 0 Å². The van der Waals surface area contributed by atoms with Crippen LogP contribution in [0.1, 0.15) is 12.5 Å². The average Bonchev–Trinajstić information content (AvgIpc) is 2.41. The Kier molecular flexibility index (Phi) is 5.95. The molecular formula is C14H22ClN3S. The Morgan fingerprint density at radius 2 is 2.47 bits per heavy atom. The molecule has 19 heavy (non-hydrogen) atoms. The summed E-state index contributed by atoms with van der Waals surface area (Å²) >= 11 is 8.28. The highest BCUT2D eigenvalue weighted by atomic mass is 35.5. The first-order chi connectivity index (χ1) is 9.22. The van der Waals surface area contributed by atoms with Crippen LogP contribution in [-0.2, 0) is 6.42 Å². The minimum absolute atomic E-state index is 0.447. The highest BCUT2D eigenvalue weighted by Crippen LogP contribution is 2.22. The van der Waals surface area contributed by atoms with E-state index in [1.165, 1.54) is 23.6 Å². The third-order valence-electron chi connectivity index (χ3n) is 3.67. The van der Waals surface area contributed by atoms with Crippen molar-refractivity contribution in [3.05, 3.63) is 29.0 Å². The van der Waals surface area contributed by atoms with Gasteiger partial charge in [0.05, 0.1) is 5.02 Å². The van der Waals surface area contributed by atoms with E-state index in [9.17, 15) is 0 Å². The number of halogens is 1. The molecule has 1 aromatic rings. The van der Waals surface area contributed by atoms with Crippen LogP contribution >= 0.6 is 23.4 Å². The minimum Gasteiger partial charge on any atom is -0.312 e. The number of likely N-dealkylation sites (N-methyl/N-ethyl adjacent to an activating group) is 2. The summed E-state index contributed by atoms with van der Waals surface area (Å²) in [4.78, 5) is 6.53. The number of pyridine rings is 1. The van der Waals surface area contributed by atoms with Crippen LogP contribution in [0.15, 0.2) is 18.5 Å². The first-order valence-corrected chi connectivity index (χ1v) is 8.35. The first-order valence-electron chi connectivity index (χ1n) is 6.82. The molecule has 0 bridgehead atoms. The van der Waals surface area contributed by atoms with Crippen molar-refractivity contribution >= 4 is 23.4 Å². The number of nitrogens with zero attached hydrogens (tertiary/aromatic N) is 2. The summed E-state index contributed by atoms with van der Waals surface area (Å²) in [5.41, 5.74) is 1.19. The smallest absolute Gasteiger partial charge is 0.0621 e. The van der Waals surface area contributed by atoms with Crippen LogP contribution in [0.3, 0.4) is 0 Å². The second kappa shape index (κ2) is 7.48. The standard InChI is InChI=1S/C14H22ClN3S/c1-3-17-13(14-10-19-7-6-18(14)2)8-11-4-5-16-9-12(11)15/h4-5,9,13-14,17H,3,6-8,10H2,1-2H3. The van der Waals surface area contributed by atoms with Crippen LogP contribution in [0.4, 0.5) is 0 Å². The molecular weight excluding hydrogens is 278 g/mol. The monoisotopic (exact) mass is 299 g/mol. The maximum Gasteiger partial charge on any atom is 0.0621 e. The Morgan fingerprint density at radius 3 is 3.16 bits per heavy atom. The van der Waals surface area contributed by atoms with Crippen molar-refractivity contribution in [3.8, 4) is 0 Å². The Hall–Kier alpha value is -0.290. The fraction of sp³-hybridized carbons (Fsp3) is 0.643. The molecule has 2 atom stereocenters. The molecule has 0 amide bonds. The SMILES string of the molecule is CCNC(Cc1ccncc1Cl)C1CSCCN1C. The summed E-state index contributed by atoms with van der Waals surface area (Å²) in [6.45, 7) is 4.32. The van der Waals surface area contributed by atoms with E-state index in [2.05, 4.69) is 29.2 Å². The molecule has 0 spiro atoms. The van der Waals surface area contributed by atoms with Gasteiger partial charge in [0.1, 0.15) is 0 Å². The maximum absolute atomic E-state index is 6.23. The Labute approximate surface area is 125 Å². The van der Waals surface area contributed by atoms with Crippen molar-refractivity contribution < 1.29 is 0 Å². The molecule has 0 radical (unpaired) electrons. The molecule has 0 aromatic carbocycles. The molecule has 1 saturated heterocycles. The molecule has 2 heterocycles. The van der Waals surface area contributed by atoms with Gasteiger partial charge in [-0.1, -0.05) is 18.5 Å². The van der Waals surface area contributed by atoms with Crippen LogP contribution in [0, 0.1) is 0 Å². The molecule has 5 heteroatoms. The first kappa shape index (κ1) is 15.1. The minimum atomic E-state index is 0.447. The summed E-state index contributed by atoms with van der Waals surface area (Å²) in [6.07, 6.45) is 4.52. The molecule has 1 aliphatic heterocycles. The average molecular weight is 300 g/mol. The Balaban J connectivity index is 2.09. The largest absolute Gasteiger partial charge is 0.312 e. The number of hydrogen-bond acceptors (Lipinski definition) is 4. The normalized spacial score (nSPS) is 22.4. The second-order valence-electron chi connectivity index (χ2n) is 4.96. The lowest BCUT2D eigenvalue weighted by atomic mass is 10.00. The van der Waals surface area contributed by atoms with E-state index in [0.29, 0.717) is 12.1 Å². The third kappa shape index (κ3) is 4.09. The zero-order chi connectivity index (χ0) is 13.7. The van der Waals surface area contributed by atoms with Gasteiger partial charge in [-0.2, -0.15) is 11.8 Å². The van der Waals surface area contributed by atoms with Gasteiger partial charge >= 0.3 is 0 Å². The van der Waals surface area contributed by atoms with Gasteiger partial charge in [0, 0.05) is 42.5 Å². The van der Waals surface area contributed by atoms with Crippen molar-refractivity contribution in [2.45, 2.75) is 25.4 Å². The van der Waals surface area contributed by atoms with E-state index in [4.69, 9.17) is 11.6 Å². The van der Waals surface area contributed by atoms with Crippen molar-refractivity contribution in [2.75, 3.05) is 31.6 Å². The van der Waals surface area contributed by atoms with Gasteiger partial charge in [0.2, 0.25) is 0 Å². The molecule has 1 aliphatic rings. The summed E-state index contributed by atoms with van der Waals surface area (Å²) < 4.78 is 0. The second-order valence-corrected chi connectivity index (χ2v) is 6.52. The van der Waals surface area contributed by atoms with Crippen LogP contribution in [0.5, 0.6) is 0 Å². The van der Waals surface area contributed by atoms with Crippen LogP contribution in [0.25, 0.3) is 0 Å². The van der Waals surface area contributed by atoms with E-state index in [0.717, 1.165) is 18.0 Å².